The van der Waals surface area contributed by atoms with E-state index in [1.165, 1.54) is 11.8 Å². The summed E-state index contributed by atoms with van der Waals surface area (Å²) in [5.41, 5.74) is 1.37. The number of para-hydroxylation sites is 1. The van der Waals surface area contributed by atoms with Crippen molar-refractivity contribution in [1.82, 2.24) is 10.3 Å². The number of ether oxygens (including phenoxy) is 1. The van der Waals surface area contributed by atoms with Gasteiger partial charge in [0.25, 0.3) is 5.91 Å². The second-order valence-electron chi connectivity index (χ2n) is 5.79. The largest absolute Gasteiger partial charge is 0.495 e. The summed E-state index contributed by atoms with van der Waals surface area (Å²) in [6.07, 6.45) is 1.39. The number of nitrogens with one attached hydrogen (secondary N) is 1. The van der Waals surface area contributed by atoms with E-state index in [0.717, 1.165) is 29.0 Å². The molecule has 0 fully saturated rings. The summed E-state index contributed by atoms with van der Waals surface area (Å²) in [6.45, 7) is 0. The van der Waals surface area contributed by atoms with Crippen molar-refractivity contribution in [3.8, 4) is 5.75 Å². The highest BCUT2D eigenvalue weighted by Gasteiger charge is 2.35. The molecule has 0 aliphatic carbocycles. The average molecular weight is 604 g/mol. The normalized spacial score (nSPS) is 18.1. The Morgan fingerprint density at radius 2 is 2.04 bits per heavy atom. The van der Waals surface area contributed by atoms with Crippen molar-refractivity contribution in [2.24, 2.45) is 10.1 Å². The van der Waals surface area contributed by atoms with Gasteiger partial charge in [-0.2, -0.15) is 0 Å². The molecule has 2 heterocycles. The van der Waals surface area contributed by atoms with Crippen LogP contribution < -0.4 is 20.6 Å². The van der Waals surface area contributed by atoms with E-state index in [0.29, 0.717) is 10.9 Å². The number of hydrazone groups is 1. The van der Waals surface area contributed by atoms with Crippen LogP contribution in [0.2, 0.25) is 0 Å². The summed E-state index contributed by atoms with van der Waals surface area (Å²) in [7, 11) is 1.65. The van der Waals surface area contributed by atoms with Crippen LogP contribution in [0.15, 0.2) is 46.5 Å². The molecule has 1 unspecified atom stereocenters. The molecule has 2 aromatic rings. The van der Waals surface area contributed by atoms with Gasteiger partial charge in [-0.25, -0.2) is 5.01 Å². The minimum Gasteiger partial charge on any atom is -0.495 e. The fourth-order valence-electron chi connectivity index (χ4n) is 3.11. The summed E-state index contributed by atoms with van der Waals surface area (Å²) < 4.78 is 7.73. The smallest absolute Gasteiger partial charge is 0.276 e. The Bertz CT molecular complexity index is 1100. The van der Waals surface area contributed by atoms with E-state index in [4.69, 9.17) is 9.73 Å². The van der Waals surface area contributed by atoms with Gasteiger partial charge < -0.3 is 4.74 Å². The topological polar surface area (TPSA) is 66.3 Å². The van der Waals surface area contributed by atoms with Crippen molar-refractivity contribution < 1.29 is 9.53 Å². The molecule has 1 N–H and O–H groups in total. The second-order valence-corrected chi connectivity index (χ2v) is 8.99. The van der Waals surface area contributed by atoms with Crippen molar-refractivity contribution in [3.63, 3.8) is 0 Å². The summed E-state index contributed by atoms with van der Waals surface area (Å²) in [6, 6.07) is 11.7. The van der Waals surface area contributed by atoms with Crippen LogP contribution in [0.25, 0.3) is 5.70 Å². The highest BCUT2D eigenvalue weighted by Crippen LogP contribution is 2.38. The lowest BCUT2D eigenvalue weighted by Crippen LogP contribution is -2.50. The third-order valence-corrected chi connectivity index (χ3v) is 6.22. The van der Waals surface area contributed by atoms with Crippen molar-refractivity contribution >= 4 is 73.7 Å². The molecule has 1 amide bonds. The molecule has 4 rings (SSSR count). The van der Waals surface area contributed by atoms with Crippen molar-refractivity contribution in [3.05, 3.63) is 59.7 Å². The first kappa shape index (κ1) is 19.0. The number of halogens is 2. The van der Waals surface area contributed by atoms with Crippen LogP contribution in [0.3, 0.4) is 0 Å². The number of benzene rings is 2. The van der Waals surface area contributed by atoms with Crippen molar-refractivity contribution in [1.29, 1.82) is 0 Å². The lowest BCUT2D eigenvalue weighted by atomic mass is 10.1. The fourth-order valence-corrected chi connectivity index (χ4v) is 5.58. The Labute approximate surface area is 187 Å². The monoisotopic (exact) mass is 604 g/mol. The number of rotatable bonds is 2. The van der Waals surface area contributed by atoms with Gasteiger partial charge in [0.05, 0.1) is 16.0 Å². The molecule has 0 bridgehead atoms. The first-order valence-electron chi connectivity index (χ1n) is 7.96. The number of carbonyl (C=O) groups excluding carboxylic acids is 1. The molecule has 2 aliphatic rings. The molecule has 0 saturated heterocycles. The predicted octanol–water partition coefficient (Wildman–Crippen LogP) is 2.41. The molecular formula is C18H14I2N4O2S. The molecule has 0 aromatic heterocycles. The van der Waals surface area contributed by atoms with Crippen molar-refractivity contribution in [2.45, 2.75) is 6.17 Å². The van der Waals surface area contributed by atoms with Crippen molar-refractivity contribution in [2.75, 3.05) is 13.4 Å². The van der Waals surface area contributed by atoms with E-state index < -0.39 is 6.17 Å². The van der Waals surface area contributed by atoms with Gasteiger partial charge in [-0.3, -0.25) is 15.1 Å². The number of carbonyl (C=O) groups is 1. The summed E-state index contributed by atoms with van der Waals surface area (Å²) in [4.78, 5) is 17.8. The van der Waals surface area contributed by atoms with E-state index in [1.807, 2.05) is 42.7 Å². The van der Waals surface area contributed by atoms with Crippen LogP contribution in [-0.2, 0) is 4.79 Å². The van der Waals surface area contributed by atoms with Gasteiger partial charge >= 0.3 is 0 Å². The number of hydrogen-bond donors (Lipinski definition) is 1. The van der Waals surface area contributed by atoms with Gasteiger partial charge in [0.15, 0.2) is 11.3 Å². The Hall–Kier alpha value is -1.34. The first-order chi connectivity index (χ1) is 13.0. The number of fused-ring (bicyclic) bond motifs is 2. The Morgan fingerprint density at radius 3 is 2.78 bits per heavy atom. The number of amides is 1. The molecule has 0 radical (unpaired) electrons. The minimum atomic E-state index is -0.485. The van der Waals surface area contributed by atoms with E-state index in [-0.39, 0.29) is 5.91 Å². The van der Waals surface area contributed by atoms with Crippen LogP contribution in [0.5, 0.6) is 5.75 Å². The number of amidine groups is 1. The van der Waals surface area contributed by atoms with Crippen LogP contribution in [-0.4, -0.2) is 29.4 Å². The third kappa shape index (κ3) is 3.33. The molecule has 0 saturated carbocycles. The maximum absolute atomic E-state index is 12.9. The van der Waals surface area contributed by atoms with Gasteiger partial charge in [0.1, 0.15) is 11.4 Å². The van der Waals surface area contributed by atoms with Gasteiger partial charge in [-0.1, -0.05) is 30.0 Å². The number of methoxy groups -OCH3 is 1. The Balaban J connectivity index is 2.03. The quantitative estimate of drug-likeness (QED) is 0.536. The lowest BCUT2D eigenvalue weighted by Gasteiger charge is -2.34. The van der Waals surface area contributed by atoms with Gasteiger partial charge in [-0.15, -0.1) is 5.10 Å². The molecule has 27 heavy (non-hydrogen) atoms. The van der Waals surface area contributed by atoms with Gasteiger partial charge in [-0.05, 0) is 69.6 Å². The predicted molar refractivity (Wildman–Crippen MR) is 123 cm³/mol. The van der Waals surface area contributed by atoms with E-state index in [2.05, 4.69) is 55.6 Å². The summed E-state index contributed by atoms with van der Waals surface area (Å²) in [5, 5.41) is 11.3. The van der Waals surface area contributed by atoms with Gasteiger partial charge in [0.2, 0.25) is 0 Å². The minimum absolute atomic E-state index is 0.180. The molecule has 1 atom stereocenters. The number of hydrogen-bond acceptors (Lipinski definition) is 6. The zero-order chi connectivity index (χ0) is 19.1. The van der Waals surface area contributed by atoms with Gasteiger partial charge in [0, 0.05) is 14.4 Å². The molecule has 2 aliphatic heterocycles. The number of nitrogens with zero attached hydrogens (tertiary/aromatic N) is 3. The zero-order valence-electron chi connectivity index (χ0n) is 14.4. The highest BCUT2D eigenvalue weighted by atomic mass is 127. The maximum atomic E-state index is 12.9. The van der Waals surface area contributed by atoms with E-state index >= 15 is 0 Å². The molecule has 9 heteroatoms. The first-order valence-corrected chi connectivity index (χ1v) is 11.3. The molecular weight excluding hydrogens is 590 g/mol. The lowest BCUT2D eigenvalue weighted by molar-refractivity contribution is -0.116. The molecule has 0 spiro atoms. The Morgan fingerprint density at radius 1 is 1.26 bits per heavy atom. The SMILES string of the molecule is COc1c(I)cc(I)cc1C1N=c2ccccc2=C2C(=O)NC(SC)=NN21. The molecule has 6 nitrogen and oxygen atoms in total. The van der Waals surface area contributed by atoms with E-state index in [1.54, 1.807) is 12.1 Å². The third-order valence-electron chi connectivity index (χ3n) is 4.23. The number of thioether (sulfide) groups is 1. The van der Waals surface area contributed by atoms with E-state index in [9.17, 15) is 4.79 Å². The average Bonchev–Trinajstić information content (AvgIpc) is 2.66. The molecule has 2 aromatic carbocycles. The van der Waals surface area contributed by atoms with Crippen LogP contribution in [0.4, 0.5) is 0 Å². The van der Waals surface area contributed by atoms with Crippen LogP contribution >= 0.6 is 56.9 Å². The molecule has 138 valence electrons. The highest BCUT2D eigenvalue weighted by molar-refractivity contribution is 14.1. The zero-order valence-corrected chi connectivity index (χ0v) is 19.5. The Kier molecular flexibility index (Phi) is 5.34. The second kappa shape index (κ2) is 7.59. The van der Waals surface area contributed by atoms with Crippen LogP contribution in [0, 0.1) is 7.14 Å². The standard InChI is InChI=1S/C18H14I2N4O2S/c1-26-15-11(7-9(19)8-12(15)20)16-21-13-6-4-3-5-10(13)14-17(25)22-18(27-2)23-24(14)16/h3-8,16H,1-2H3,(H,22,23,25). The maximum Gasteiger partial charge on any atom is 0.276 e. The summed E-state index contributed by atoms with van der Waals surface area (Å²) in [5.74, 6) is 0.566. The fraction of sp³-hybridized carbons (Fsp3) is 0.167. The van der Waals surface area contributed by atoms with Crippen LogP contribution in [0.1, 0.15) is 11.7 Å². The summed E-state index contributed by atoms with van der Waals surface area (Å²) >= 11 is 5.92.